The number of nitrogens with one attached hydrogen (secondary N) is 1. The SMILES string of the molecule is O=C(Nc1ccc(-c2ccccc2)cc1)c1ccc(-c2ccccc2C(F)(F)F)o1. The van der Waals surface area contributed by atoms with E-state index in [1.54, 1.807) is 12.1 Å². The summed E-state index contributed by atoms with van der Waals surface area (Å²) >= 11 is 0. The zero-order valence-electron chi connectivity index (χ0n) is 15.6. The lowest BCUT2D eigenvalue weighted by Crippen LogP contribution is -2.10. The predicted molar refractivity (Wildman–Crippen MR) is 109 cm³/mol. The maximum atomic E-state index is 13.2. The van der Waals surface area contributed by atoms with Crippen molar-refractivity contribution < 1.29 is 22.4 Å². The van der Waals surface area contributed by atoms with E-state index in [1.807, 2.05) is 42.5 Å². The topological polar surface area (TPSA) is 42.2 Å². The minimum atomic E-state index is -4.52. The molecule has 0 fully saturated rings. The van der Waals surface area contributed by atoms with Gasteiger partial charge >= 0.3 is 6.18 Å². The third-order valence-electron chi connectivity index (χ3n) is 4.58. The largest absolute Gasteiger partial charge is 0.451 e. The lowest BCUT2D eigenvalue weighted by Gasteiger charge is -2.10. The highest BCUT2D eigenvalue weighted by atomic mass is 19.4. The molecular weight excluding hydrogens is 391 g/mol. The van der Waals surface area contributed by atoms with E-state index in [4.69, 9.17) is 4.42 Å². The summed E-state index contributed by atoms with van der Waals surface area (Å²) in [6.45, 7) is 0. The van der Waals surface area contributed by atoms with Crippen LogP contribution in [0.25, 0.3) is 22.5 Å². The molecule has 0 saturated carbocycles. The molecular formula is C24H16F3NO2. The van der Waals surface area contributed by atoms with Gasteiger partial charge in [0, 0.05) is 11.3 Å². The van der Waals surface area contributed by atoms with Gasteiger partial charge in [-0.1, -0.05) is 60.7 Å². The van der Waals surface area contributed by atoms with Gasteiger partial charge in [-0.2, -0.15) is 13.2 Å². The zero-order chi connectivity index (χ0) is 21.1. The number of halogens is 3. The highest BCUT2D eigenvalue weighted by Gasteiger charge is 2.34. The average Bonchev–Trinajstić information content (AvgIpc) is 3.25. The van der Waals surface area contributed by atoms with Crippen molar-refractivity contribution in [3.05, 3.63) is 102 Å². The highest BCUT2D eigenvalue weighted by molar-refractivity contribution is 6.02. The molecule has 0 unspecified atom stereocenters. The van der Waals surface area contributed by atoms with Crippen LogP contribution >= 0.6 is 0 Å². The Bertz CT molecular complexity index is 1160. The lowest BCUT2D eigenvalue weighted by atomic mass is 10.1. The van der Waals surface area contributed by atoms with Crippen molar-refractivity contribution in [1.29, 1.82) is 0 Å². The van der Waals surface area contributed by atoms with Gasteiger partial charge in [0.15, 0.2) is 5.76 Å². The first kappa shape index (κ1) is 19.5. The van der Waals surface area contributed by atoms with Gasteiger partial charge in [0.25, 0.3) is 5.91 Å². The van der Waals surface area contributed by atoms with Crippen molar-refractivity contribution in [3.63, 3.8) is 0 Å². The minimum Gasteiger partial charge on any atom is -0.451 e. The van der Waals surface area contributed by atoms with Gasteiger partial charge in [0.05, 0.1) is 5.56 Å². The Balaban J connectivity index is 1.52. The molecule has 4 aromatic rings. The summed E-state index contributed by atoms with van der Waals surface area (Å²) in [4.78, 5) is 12.5. The first-order chi connectivity index (χ1) is 14.4. The quantitative estimate of drug-likeness (QED) is 0.400. The number of amides is 1. The van der Waals surface area contributed by atoms with Crippen LogP contribution in [0.4, 0.5) is 18.9 Å². The molecule has 0 bridgehead atoms. The molecule has 3 aromatic carbocycles. The van der Waals surface area contributed by atoms with Crippen LogP contribution in [0.1, 0.15) is 16.1 Å². The number of rotatable bonds is 4. The molecule has 6 heteroatoms. The highest BCUT2D eigenvalue weighted by Crippen LogP contribution is 2.37. The second-order valence-corrected chi connectivity index (χ2v) is 6.60. The number of carbonyl (C=O) groups is 1. The monoisotopic (exact) mass is 407 g/mol. The van der Waals surface area contributed by atoms with E-state index in [9.17, 15) is 18.0 Å². The van der Waals surface area contributed by atoms with Gasteiger partial charge in [0.1, 0.15) is 5.76 Å². The van der Waals surface area contributed by atoms with Gasteiger partial charge in [-0.3, -0.25) is 4.79 Å². The molecule has 3 nitrogen and oxygen atoms in total. The second-order valence-electron chi connectivity index (χ2n) is 6.60. The van der Waals surface area contributed by atoms with Gasteiger partial charge in [-0.05, 0) is 41.5 Å². The fourth-order valence-corrected chi connectivity index (χ4v) is 3.12. The van der Waals surface area contributed by atoms with E-state index in [2.05, 4.69) is 5.32 Å². The Labute approximate surface area is 170 Å². The Morgan fingerprint density at radius 3 is 2.07 bits per heavy atom. The summed E-state index contributed by atoms with van der Waals surface area (Å²) in [5, 5.41) is 2.69. The molecule has 30 heavy (non-hydrogen) atoms. The number of carbonyl (C=O) groups excluding carboxylic acids is 1. The van der Waals surface area contributed by atoms with Gasteiger partial charge < -0.3 is 9.73 Å². The van der Waals surface area contributed by atoms with E-state index >= 15 is 0 Å². The summed E-state index contributed by atoms with van der Waals surface area (Å²) in [7, 11) is 0. The number of furan rings is 1. The van der Waals surface area contributed by atoms with Crippen molar-refractivity contribution in [2.24, 2.45) is 0 Å². The number of benzene rings is 3. The number of hydrogen-bond acceptors (Lipinski definition) is 2. The van der Waals surface area contributed by atoms with E-state index in [0.29, 0.717) is 5.69 Å². The van der Waals surface area contributed by atoms with Crippen molar-refractivity contribution >= 4 is 11.6 Å². The fourth-order valence-electron chi connectivity index (χ4n) is 3.12. The van der Waals surface area contributed by atoms with Crippen LogP contribution < -0.4 is 5.32 Å². The van der Waals surface area contributed by atoms with Gasteiger partial charge in [-0.25, -0.2) is 0 Å². The molecule has 1 N–H and O–H groups in total. The fraction of sp³-hybridized carbons (Fsp3) is 0.0417. The Kier molecular flexibility index (Phi) is 5.14. The molecule has 0 aliphatic heterocycles. The zero-order valence-corrected chi connectivity index (χ0v) is 15.6. The Morgan fingerprint density at radius 2 is 1.37 bits per heavy atom. The van der Waals surface area contributed by atoms with Crippen molar-refractivity contribution in [2.45, 2.75) is 6.18 Å². The summed E-state index contributed by atoms with van der Waals surface area (Å²) in [6, 6.07) is 24.8. The van der Waals surface area contributed by atoms with Gasteiger partial charge in [-0.15, -0.1) is 0 Å². The van der Waals surface area contributed by atoms with E-state index in [0.717, 1.165) is 17.2 Å². The van der Waals surface area contributed by atoms with E-state index in [-0.39, 0.29) is 17.1 Å². The smallest absolute Gasteiger partial charge is 0.417 e. The molecule has 150 valence electrons. The summed E-state index contributed by atoms with van der Waals surface area (Å²) in [5.74, 6) is -0.639. The normalized spacial score (nSPS) is 11.3. The molecule has 0 aliphatic rings. The predicted octanol–water partition coefficient (Wildman–Crippen LogP) is 6.88. The molecule has 4 rings (SSSR count). The second kappa shape index (κ2) is 7.91. The van der Waals surface area contributed by atoms with Crippen molar-refractivity contribution in [1.82, 2.24) is 0 Å². The van der Waals surface area contributed by atoms with Gasteiger partial charge in [0.2, 0.25) is 0 Å². The van der Waals surface area contributed by atoms with E-state index in [1.165, 1.54) is 30.3 Å². The molecule has 1 heterocycles. The first-order valence-electron chi connectivity index (χ1n) is 9.15. The maximum Gasteiger partial charge on any atom is 0.417 e. The molecule has 0 atom stereocenters. The van der Waals surface area contributed by atoms with Crippen LogP contribution in [-0.4, -0.2) is 5.91 Å². The molecule has 0 saturated heterocycles. The molecule has 0 radical (unpaired) electrons. The molecule has 1 aromatic heterocycles. The summed E-state index contributed by atoms with van der Waals surface area (Å²) in [6.07, 6.45) is -4.52. The third kappa shape index (κ3) is 4.12. The summed E-state index contributed by atoms with van der Waals surface area (Å²) in [5.41, 5.74) is 1.67. The van der Waals surface area contributed by atoms with Crippen LogP contribution in [0.2, 0.25) is 0 Å². The number of hydrogen-bond donors (Lipinski definition) is 1. The number of anilines is 1. The third-order valence-corrected chi connectivity index (χ3v) is 4.58. The minimum absolute atomic E-state index is 0.0208. The van der Waals surface area contributed by atoms with Crippen molar-refractivity contribution in [2.75, 3.05) is 5.32 Å². The maximum absolute atomic E-state index is 13.2. The first-order valence-corrected chi connectivity index (χ1v) is 9.15. The standard InChI is InChI=1S/C24H16F3NO2/c25-24(26,27)20-9-5-4-8-19(20)21-14-15-22(30-21)23(29)28-18-12-10-17(11-13-18)16-6-2-1-3-7-16/h1-15H,(H,28,29). The average molecular weight is 407 g/mol. The van der Waals surface area contributed by atoms with Crippen LogP contribution in [0.5, 0.6) is 0 Å². The number of alkyl halides is 3. The Morgan fingerprint density at radius 1 is 0.733 bits per heavy atom. The van der Waals surface area contributed by atoms with Crippen LogP contribution in [-0.2, 0) is 6.18 Å². The molecule has 1 amide bonds. The van der Waals surface area contributed by atoms with Crippen LogP contribution in [0.3, 0.4) is 0 Å². The van der Waals surface area contributed by atoms with Crippen molar-refractivity contribution in [3.8, 4) is 22.5 Å². The molecule has 0 spiro atoms. The molecule has 0 aliphatic carbocycles. The van der Waals surface area contributed by atoms with Crippen LogP contribution in [0, 0.1) is 0 Å². The van der Waals surface area contributed by atoms with E-state index < -0.39 is 17.6 Å². The van der Waals surface area contributed by atoms with Crippen LogP contribution in [0.15, 0.2) is 95.4 Å². The Hall–Kier alpha value is -3.80. The summed E-state index contributed by atoms with van der Waals surface area (Å²) < 4.78 is 45.1. The lowest BCUT2D eigenvalue weighted by molar-refractivity contribution is -0.137.